The number of carbonyl (C=O) groups excluding carboxylic acids is 1. The minimum atomic E-state index is -0.344. The van der Waals surface area contributed by atoms with E-state index in [1.807, 2.05) is 19.1 Å². The average Bonchev–Trinajstić information content (AvgIpc) is 2.61. The van der Waals surface area contributed by atoms with Gasteiger partial charge in [0.25, 0.3) is 0 Å². The highest BCUT2D eigenvalue weighted by Gasteiger charge is 2.46. The number of esters is 1. The normalized spacial score (nSPS) is 22.9. The number of fused-ring (bicyclic) bond motifs is 3. The van der Waals surface area contributed by atoms with E-state index in [4.69, 9.17) is 9.47 Å². The summed E-state index contributed by atoms with van der Waals surface area (Å²) in [5.74, 6) is 0.999. The number of phenols is 1. The fraction of sp³-hybridized carbons (Fsp3) is 0.609. The number of aryl methyl sites for hydroxylation is 1. The lowest BCUT2D eigenvalue weighted by Gasteiger charge is -2.46. The standard InChI is InChI=1S/C23H32O4/c1-5-7-8-9-15-12-19(24)21-17-14-16(22(25)26-6-2)10-11-18(17)23(3,4)27-20(21)13-15/h12-14,17-18,24H,5-11H2,1-4H3/t17-,18-/m1/s1. The van der Waals surface area contributed by atoms with Gasteiger partial charge in [-0.05, 0) is 64.2 Å². The van der Waals surface area contributed by atoms with Crippen LogP contribution in [0.4, 0.5) is 0 Å². The molecule has 0 unspecified atom stereocenters. The molecule has 0 spiro atoms. The maximum absolute atomic E-state index is 12.2. The molecule has 0 fully saturated rings. The van der Waals surface area contributed by atoms with Crippen molar-refractivity contribution < 1.29 is 19.4 Å². The Labute approximate surface area is 162 Å². The molecule has 0 amide bonds. The fourth-order valence-corrected chi connectivity index (χ4v) is 4.53. The highest BCUT2D eigenvalue weighted by atomic mass is 16.5. The fourth-order valence-electron chi connectivity index (χ4n) is 4.53. The number of hydrogen-bond acceptors (Lipinski definition) is 4. The third-order valence-corrected chi connectivity index (χ3v) is 5.92. The van der Waals surface area contributed by atoms with Gasteiger partial charge in [-0.25, -0.2) is 4.79 Å². The van der Waals surface area contributed by atoms with Crippen molar-refractivity contribution in [2.75, 3.05) is 6.61 Å². The molecule has 0 aromatic heterocycles. The zero-order chi connectivity index (χ0) is 19.6. The molecule has 148 valence electrons. The van der Waals surface area contributed by atoms with Gasteiger partial charge in [0.05, 0.1) is 6.61 Å². The van der Waals surface area contributed by atoms with Crippen LogP contribution in [-0.4, -0.2) is 23.3 Å². The smallest absolute Gasteiger partial charge is 0.333 e. The van der Waals surface area contributed by atoms with E-state index in [-0.39, 0.29) is 29.2 Å². The Bertz CT molecular complexity index is 732. The Morgan fingerprint density at radius 1 is 1.30 bits per heavy atom. The number of benzene rings is 1. The third-order valence-electron chi connectivity index (χ3n) is 5.92. The summed E-state index contributed by atoms with van der Waals surface area (Å²) in [6.07, 6.45) is 7.95. The number of hydrogen-bond donors (Lipinski definition) is 1. The molecular weight excluding hydrogens is 340 g/mol. The summed E-state index contributed by atoms with van der Waals surface area (Å²) < 4.78 is 11.6. The van der Waals surface area contributed by atoms with E-state index in [9.17, 15) is 9.90 Å². The van der Waals surface area contributed by atoms with Crippen LogP contribution in [0, 0.1) is 5.92 Å². The van der Waals surface area contributed by atoms with Crippen molar-refractivity contribution in [3.63, 3.8) is 0 Å². The monoisotopic (exact) mass is 372 g/mol. The summed E-state index contributed by atoms with van der Waals surface area (Å²) in [5, 5.41) is 10.8. The van der Waals surface area contributed by atoms with Gasteiger partial charge in [-0.2, -0.15) is 0 Å². The number of unbranched alkanes of at least 4 members (excludes halogenated alkanes) is 2. The van der Waals surface area contributed by atoms with E-state index in [0.29, 0.717) is 18.6 Å². The maximum atomic E-state index is 12.2. The van der Waals surface area contributed by atoms with Crippen LogP contribution in [0.2, 0.25) is 0 Å². The molecule has 1 aromatic rings. The molecule has 1 aromatic carbocycles. The van der Waals surface area contributed by atoms with Gasteiger partial charge in [0, 0.05) is 23.0 Å². The Hall–Kier alpha value is -1.97. The molecular formula is C23H32O4. The highest BCUT2D eigenvalue weighted by molar-refractivity contribution is 5.89. The second-order valence-electron chi connectivity index (χ2n) is 8.27. The first-order valence-electron chi connectivity index (χ1n) is 10.3. The number of aromatic hydroxyl groups is 1. The Morgan fingerprint density at radius 3 is 2.78 bits per heavy atom. The number of rotatable bonds is 6. The molecule has 2 atom stereocenters. The summed E-state index contributed by atoms with van der Waals surface area (Å²) in [4.78, 5) is 12.2. The van der Waals surface area contributed by atoms with Crippen LogP contribution in [0.3, 0.4) is 0 Å². The van der Waals surface area contributed by atoms with Gasteiger partial charge in [0.15, 0.2) is 0 Å². The van der Waals surface area contributed by atoms with Gasteiger partial charge in [-0.1, -0.05) is 25.8 Å². The van der Waals surface area contributed by atoms with E-state index in [0.717, 1.165) is 36.1 Å². The maximum Gasteiger partial charge on any atom is 0.333 e. The SMILES string of the molecule is CCCCCc1cc(O)c2c(c1)OC(C)(C)[C@@H]1CCC(C(=O)OCC)=C[C@@H]21. The van der Waals surface area contributed by atoms with Gasteiger partial charge in [0.2, 0.25) is 0 Å². The topological polar surface area (TPSA) is 55.8 Å². The van der Waals surface area contributed by atoms with Gasteiger partial charge in [0.1, 0.15) is 17.1 Å². The Balaban J connectivity index is 1.98. The van der Waals surface area contributed by atoms with Gasteiger partial charge in [-0.3, -0.25) is 0 Å². The molecule has 27 heavy (non-hydrogen) atoms. The van der Waals surface area contributed by atoms with Gasteiger partial charge >= 0.3 is 5.97 Å². The molecule has 1 aliphatic carbocycles. The van der Waals surface area contributed by atoms with Crippen LogP contribution < -0.4 is 4.74 Å². The largest absolute Gasteiger partial charge is 0.507 e. The molecule has 0 saturated heterocycles. The molecule has 4 heteroatoms. The molecule has 1 N–H and O–H groups in total. The second kappa shape index (κ2) is 7.95. The van der Waals surface area contributed by atoms with Gasteiger partial charge < -0.3 is 14.6 Å². The first-order valence-corrected chi connectivity index (χ1v) is 10.3. The van der Waals surface area contributed by atoms with Crippen LogP contribution in [0.15, 0.2) is 23.8 Å². The van der Waals surface area contributed by atoms with Crippen molar-refractivity contribution in [2.24, 2.45) is 5.92 Å². The molecule has 0 bridgehead atoms. The zero-order valence-electron chi connectivity index (χ0n) is 17.0. The van der Waals surface area contributed by atoms with Crippen LogP contribution in [0.1, 0.15) is 76.8 Å². The Kier molecular flexibility index (Phi) is 5.83. The van der Waals surface area contributed by atoms with Crippen molar-refractivity contribution in [1.29, 1.82) is 0 Å². The lowest BCUT2D eigenvalue weighted by atomic mass is 9.67. The number of carbonyl (C=O) groups is 1. The summed E-state index contributed by atoms with van der Waals surface area (Å²) >= 11 is 0. The minimum Gasteiger partial charge on any atom is -0.507 e. The number of ether oxygens (including phenoxy) is 2. The predicted octanol–water partition coefficient (Wildman–Crippen LogP) is 5.28. The van der Waals surface area contributed by atoms with Crippen LogP contribution in [0.5, 0.6) is 11.5 Å². The molecule has 2 aliphatic rings. The van der Waals surface area contributed by atoms with Gasteiger partial charge in [-0.15, -0.1) is 0 Å². The zero-order valence-corrected chi connectivity index (χ0v) is 17.0. The van der Waals surface area contributed by atoms with Crippen molar-refractivity contribution in [3.05, 3.63) is 34.9 Å². The molecule has 1 heterocycles. The quantitative estimate of drug-likeness (QED) is 0.545. The van der Waals surface area contributed by atoms with Crippen LogP contribution >= 0.6 is 0 Å². The molecule has 3 rings (SSSR count). The first kappa shape index (κ1) is 19.8. The average molecular weight is 373 g/mol. The summed E-state index contributed by atoms with van der Waals surface area (Å²) in [7, 11) is 0. The van der Waals surface area contributed by atoms with Crippen LogP contribution in [-0.2, 0) is 16.0 Å². The van der Waals surface area contributed by atoms with Crippen LogP contribution in [0.25, 0.3) is 0 Å². The van der Waals surface area contributed by atoms with Crippen molar-refractivity contribution in [3.8, 4) is 11.5 Å². The Morgan fingerprint density at radius 2 is 2.07 bits per heavy atom. The highest BCUT2D eigenvalue weighted by Crippen LogP contribution is 2.53. The number of phenolic OH excluding ortho intramolecular Hbond substituents is 1. The minimum absolute atomic E-state index is 0.0263. The summed E-state index contributed by atoms with van der Waals surface area (Å²) in [6, 6.07) is 3.95. The summed E-state index contributed by atoms with van der Waals surface area (Å²) in [5.41, 5.74) is 2.30. The lowest BCUT2D eigenvalue weighted by Crippen LogP contribution is -2.45. The lowest BCUT2D eigenvalue weighted by molar-refractivity contribution is -0.139. The molecule has 0 radical (unpaired) electrons. The second-order valence-corrected chi connectivity index (χ2v) is 8.27. The van der Waals surface area contributed by atoms with E-state index < -0.39 is 0 Å². The van der Waals surface area contributed by atoms with Crippen molar-refractivity contribution in [1.82, 2.24) is 0 Å². The predicted molar refractivity (Wildman–Crippen MR) is 106 cm³/mol. The molecule has 1 aliphatic heterocycles. The number of allylic oxidation sites excluding steroid dienone is 1. The van der Waals surface area contributed by atoms with E-state index in [1.54, 1.807) is 0 Å². The van der Waals surface area contributed by atoms with E-state index >= 15 is 0 Å². The third kappa shape index (κ3) is 3.99. The van der Waals surface area contributed by atoms with E-state index in [2.05, 4.69) is 26.8 Å². The van der Waals surface area contributed by atoms with Crippen molar-refractivity contribution in [2.45, 2.75) is 77.7 Å². The van der Waals surface area contributed by atoms with Crippen molar-refractivity contribution >= 4 is 5.97 Å². The van der Waals surface area contributed by atoms with E-state index in [1.165, 1.54) is 12.8 Å². The molecule has 4 nitrogen and oxygen atoms in total. The summed E-state index contributed by atoms with van der Waals surface area (Å²) in [6.45, 7) is 8.60. The first-order chi connectivity index (χ1) is 12.9. The molecule has 0 saturated carbocycles.